The van der Waals surface area contributed by atoms with Crippen molar-refractivity contribution in [1.29, 1.82) is 0 Å². The minimum absolute atomic E-state index is 0.238. The fourth-order valence-electron chi connectivity index (χ4n) is 2.64. The highest BCUT2D eigenvalue weighted by molar-refractivity contribution is 5.68. The number of aryl methyl sites for hydroxylation is 1. The fourth-order valence-corrected chi connectivity index (χ4v) is 2.64. The molecule has 1 aromatic carbocycles. The summed E-state index contributed by atoms with van der Waals surface area (Å²) in [5, 5.41) is 0. The number of nitrogen functional groups attached to an aromatic ring is 1. The second-order valence-electron chi connectivity index (χ2n) is 7.88. The highest BCUT2D eigenvalue weighted by Crippen LogP contribution is 2.15. The Bertz CT molecular complexity index is 867. The third kappa shape index (κ3) is 5.84. The van der Waals surface area contributed by atoms with Crippen LogP contribution in [-0.2, 0) is 11.3 Å². The summed E-state index contributed by atoms with van der Waals surface area (Å²) in [4.78, 5) is 30.1. The first-order valence-electron chi connectivity index (χ1n) is 9.53. The summed E-state index contributed by atoms with van der Waals surface area (Å²) in [7, 11) is 0. The summed E-state index contributed by atoms with van der Waals surface area (Å²) < 4.78 is 6.98. The molecule has 1 aromatic heterocycles. The Morgan fingerprint density at radius 2 is 1.89 bits per heavy atom. The maximum Gasteiger partial charge on any atom is 0.410 e. The Labute approximate surface area is 166 Å². The lowest BCUT2D eigenvalue weighted by Gasteiger charge is -2.27. The van der Waals surface area contributed by atoms with Crippen LogP contribution < -0.4 is 11.4 Å². The van der Waals surface area contributed by atoms with Gasteiger partial charge in [-0.15, -0.1) is 0 Å². The largest absolute Gasteiger partial charge is 0.444 e. The number of carbonyl (C=O) groups is 1. The molecule has 0 bridgehead atoms. The number of ether oxygens (including phenoxy) is 1. The molecule has 0 fully saturated rings. The number of nitrogens with zero attached hydrogens (tertiary/aromatic N) is 3. The minimum atomic E-state index is -0.535. The summed E-state index contributed by atoms with van der Waals surface area (Å²) in [6.07, 6.45) is 3.25. The molecule has 0 aliphatic heterocycles. The number of rotatable bonds is 6. The van der Waals surface area contributed by atoms with Crippen LogP contribution in [0.15, 0.2) is 35.3 Å². The highest BCUT2D eigenvalue weighted by atomic mass is 16.6. The molecule has 28 heavy (non-hydrogen) atoms. The molecule has 7 heteroatoms. The van der Waals surface area contributed by atoms with E-state index in [2.05, 4.69) is 11.9 Å². The van der Waals surface area contributed by atoms with E-state index >= 15 is 0 Å². The van der Waals surface area contributed by atoms with Gasteiger partial charge in [-0.1, -0.05) is 25.5 Å². The van der Waals surface area contributed by atoms with Gasteiger partial charge in [0.1, 0.15) is 11.4 Å². The molecule has 1 heterocycles. The van der Waals surface area contributed by atoms with E-state index in [0.29, 0.717) is 18.8 Å². The first-order valence-corrected chi connectivity index (χ1v) is 9.53. The number of unbranched alkanes of at least 4 members (excludes halogenated alkanes) is 1. The van der Waals surface area contributed by atoms with Crippen LogP contribution in [0.1, 0.15) is 51.7 Å². The summed E-state index contributed by atoms with van der Waals surface area (Å²) in [6.45, 7) is 10.5. The Balaban J connectivity index is 2.19. The van der Waals surface area contributed by atoms with Gasteiger partial charge in [-0.05, 0) is 51.8 Å². The maximum absolute atomic E-state index is 12.5. The van der Waals surface area contributed by atoms with Crippen molar-refractivity contribution in [3.8, 4) is 5.69 Å². The molecule has 0 unspecified atom stereocenters. The zero-order valence-corrected chi connectivity index (χ0v) is 17.4. The molecule has 1 amide bonds. The second-order valence-corrected chi connectivity index (χ2v) is 7.88. The number of hydrogen-bond donors (Lipinski definition) is 1. The van der Waals surface area contributed by atoms with E-state index in [4.69, 9.17) is 10.5 Å². The van der Waals surface area contributed by atoms with Crippen LogP contribution in [0.25, 0.3) is 5.69 Å². The molecule has 2 aromatic rings. The van der Waals surface area contributed by atoms with E-state index in [9.17, 15) is 9.59 Å². The van der Waals surface area contributed by atoms with Gasteiger partial charge in [-0.2, -0.15) is 4.98 Å². The molecule has 2 rings (SSSR count). The standard InChI is InChI=1S/C21H30N4O3/c1-6-7-12-24(20(27)28-21(3,4)5)14-16-8-10-17(11-9-16)25-13-15(2)18(22)23-19(25)26/h8-11,13H,6-7,12,14H2,1-5H3,(H2,22,23,26). The van der Waals surface area contributed by atoms with Gasteiger partial charge < -0.3 is 15.4 Å². The van der Waals surface area contributed by atoms with E-state index in [1.807, 2.05) is 45.0 Å². The van der Waals surface area contributed by atoms with Crippen LogP contribution in [-0.4, -0.2) is 32.7 Å². The number of anilines is 1. The van der Waals surface area contributed by atoms with Crippen LogP contribution in [0.4, 0.5) is 10.6 Å². The van der Waals surface area contributed by atoms with Crippen molar-refractivity contribution in [2.24, 2.45) is 0 Å². The first-order chi connectivity index (χ1) is 13.1. The molecular formula is C21H30N4O3. The van der Waals surface area contributed by atoms with Crippen molar-refractivity contribution in [2.45, 2.75) is 59.6 Å². The molecule has 0 aliphatic carbocycles. The lowest BCUT2D eigenvalue weighted by atomic mass is 10.1. The monoisotopic (exact) mass is 386 g/mol. The van der Waals surface area contributed by atoms with Crippen molar-refractivity contribution in [3.05, 3.63) is 52.1 Å². The van der Waals surface area contributed by atoms with Gasteiger partial charge in [0, 0.05) is 24.8 Å². The van der Waals surface area contributed by atoms with Gasteiger partial charge in [0.25, 0.3) is 0 Å². The zero-order valence-electron chi connectivity index (χ0n) is 17.4. The number of hydrogen-bond acceptors (Lipinski definition) is 5. The molecule has 0 saturated carbocycles. The average Bonchev–Trinajstić information content (AvgIpc) is 2.61. The normalized spacial score (nSPS) is 11.3. The SMILES string of the molecule is CCCCN(Cc1ccc(-n2cc(C)c(N)nc2=O)cc1)C(=O)OC(C)(C)C. The number of carbonyl (C=O) groups excluding carboxylic acids is 1. The summed E-state index contributed by atoms with van der Waals surface area (Å²) in [6, 6.07) is 7.47. The predicted molar refractivity (Wildman–Crippen MR) is 111 cm³/mol. The van der Waals surface area contributed by atoms with Crippen LogP contribution in [0, 0.1) is 6.92 Å². The Morgan fingerprint density at radius 1 is 1.25 bits per heavy atom. The molecule has 0 aliphatic rings. The van der Waals surface area contributed by atoms with Crippen molar-refractivity contribution < 1.29 is 9.53 Å². The van der Waals surface area contributed by atoms with Gasteiger partial charge in [-0.25, -0.2) is 9.59 Å². The van der Waals surface area contributed by atoms with E-state index in [1.165, 1.54) is 4.57 Å². The average molecular weight is 386 g/mol. The van der Waals surface area contributed by atoms with Gasteiger partial charge >= 0.3 is 11.8 Å². The predicted octanol–water partition coefficient (Wildman–Crippen LogP) is 3.66. The first kappa shape index (κ1) is 21.5. The van der Waals surface area contributed by atoms with Crippen LogP contribution in [0.3, 0.4) is 0 Å². The fraction of sp³-hybridized carbons (Fsp3) is 0.476. The minimum Gasteiger partial charge on any atom is -0.444 e. The van der Waals surface area contributed by atoms with Crippen molar-refractivity contribution in [3.63, 3.8) is 0 Å². The molecular weight excluding hydrogens is 356 g/mol. The van der Waals surface area contributed by atoms with Gasteiger partial charge in [-0.3, -0.25) is 4.57 Å². The van der Waals surface area contributed by atoms with Crippen molar-refractivity contribution in [2.75, 3.05) is 12.3 Å². The smallest absolute Gasteiger partial charge is 0.410 e. The van der Waals surface area contributed by atoms with Crippen LogP contribution in [0.5, 0.6) is 0 Å². The van der Waals surface area contributed by atoms with Crippen LogP contribution >= 0.6 is 0 Å². The van der Waals surface area contributed by atoms with E-state index in [-0.39, 0.29) is 11.9 Å². The van der Waals surface area contributed by atoms with Crippen molar-refractivity contribution >= 4 is 11.9 Å². The highest BCUT2D eigenvalue weighted by Gasteiger charge is 2.22. The van der Waals surface area contributed by atoms with Gasteiger partial charge in [0.15, 0.2) is 0 Å². The second kappa shape index (κ2) is 8.91. The molecule has 0 atom stereocenters. The molecule has 0 radical (unpaired) electrons. The number of benzene rings is 1. The van der Waals surface area contributed by atoms with E-state index in [1.54, 1.807) is 18.0 Å². The number of amides is 1. The summed E-state index contributed by atoms with van der Waals surface area (Å²) >= 11 is 0. The van der Waals surface area contributed by atoms with Gasteiger partial charge in [0.05, 0.1) is 5.69 Å². The molecule has 2 N–H and O–H groups in total. The number of nitrogens with two attached hydrogens (primary N) is 1. The van der Waals surface area contributed by atoms with Gasteiger partial charge in [0.2, 0.25) is 0 Å². The van der Waals surface area contributed by atoms with Crippen LogP contribution in [0.2, 0.25) is 0 Å². The Kier molecular flexibility index (Phi) is 6.83. The number of aromatic nitrogens is 2. The quantitative estimate of drug-likeness (QED) is 0.818. The van der Waals surface area contributed by atoms with Crippen molar-refractivity contribution in [1.82, 2.24) is 14.5 Å². The lowest BCUT2D eigenvalue weighted by Crippen LogP contribution is -2.37. The maximum atomic E-state index is 12.5. The molecule has 0 saturated heterocycles. The summed E-state index contributed by atoms with van der Waals surface area (Å²) in [5.74, 6) is 0.238. The van der Waals surface area contributed by atoms with E-state index < -0.39 is 11.3 Å². The summed E-state index contributed by atoms with van der Waals surface area (Å²) in [5.41, 5.74) is 7.12. The molecule has 152 valence electrons. The Hall–Kier alpha value is -2.83. The lowest BCUT2D eigenvalue weighted by molar-refractivity contribution is 0.0231. The third-order valence-corrected chi connectivity index (χ3v) is 4.17. The van der Waals surface area contributed by atoms with E-state index in [0.717, 1.165) is 24.0 Å². The zero-order chi connectivity index (χ0) is 20.9. The topological polar surface area (TPSA) is 90.5 Å². The molecule has 7 nitrogen and oxygen atoms in total. The molecule has 0 spiro atoms. The third-order valence-electron chi connectivity index (χ3n) is 4.17. The Morgan fingerprint density at radius 3 is 2.46 bits per heavy atom.